The molecule has 13 heavy (non-hydrogen) atoms. The summed E-state index contributed by atoms with van der Waals surface area (Å²) in [6.45, 7) is 4.00. The first kappa shape index (κ1) is 9.59. The van der Waals surface area contributed by atoms with Crippen molar-refractivity contribution in [2.75, 3.05) is 0 Å². The van der Waals surface area contributed by atoms with E-state index in [0.717, 1.165) is 0 Å². The number of hydrogen-bond donors (Lipinski definition) is 0. The Hall–Kier alpha value is -1.50. The van der Waals surface area contributed by atoms with Crippen LogP contribution in [-0.4, -0.2) is 4.57 Å². The van der Waals surface area contributed by atoms with E-state index in [4.69, 9.17) is 0 Å². The van der Waals surface area contributed by atoms with Crippen molar-refractivity contribution in [3.05, 3.63) is 54.9 Å². The molecule has 1 aromatic heterocycles. The van der Waals surface area contributed by atoms with Crippen molar-refractivity contribution in [2.24, 2.45) is 0 Å². The average Bonchev–Trinajstić information content (AvgIpc) is 2.75. The number of rotatable bonds is 1. The molecule has 0 saturated carbocycles. The zero-order chi connectivity index (χ0) is 9.52. The van der Waals surface area contributed by atoms with Gasteiger partial charge in [0.1, 0.15) is 0 Å². The van der Waals surface area contributed by atoms with Gasteiger partial charge in [-0.05, 0) is 24.3 Å². The third kappa shape index (κ3) is 2.48. The largest absolute Gasteiger partial charge is 0.324 e. The van der Waals surface area contributed by atoms with Gasteiger partial charge in [-0.2, -0.15) is 0 Å². The van der Waals surface area contributed by atoms with Crippen molar-refractivity contribution in [3.8, 4) is 5.69 Å². The molecule has 0 aliphatic heterocycles. The van der Waals surface area contributed by atoms with Gasteiger partial charge in [-0.3, -0.25) is 0 Å². The number of benzene rings is 1. The summed E-state index contributed by atoms with van der Waals surface area (Å²) in [6.07, 6.45) is 4.07. The van der Waals surface area contributed by atoms with Gasteiger partial charge in [0.15, 0.2) is 0 Å². The van der Waals surface area contributed by atoms with Gasteiger partial charge >= 0.3 is 0 Å². The van der Waals surface area contributed by atoms with Crippen LogP contribution < -0.4 is 0 Å². The topological polar surface area (TPSA) is 4.93 Å². The van der Waals surface area contributed by atoms with Crippen LogP contribution in [0.1, 0.15) is 13.8 Å². The fourth-order valence-corrected chi connectivity index (χ4v) is 1.11. The van der Waals surface area contributed by atoms with Crippen LogP contribution in [0, 0.1) is 0 Å². The zero-order valence-electron chi connectivity index (χ0n) is 8.14. The first-order valence-corrected chi connectivity index (χ1v) is 4.65. The normalized spacial score (nSPS) is 8.77. The molecular formula is C12H15N. The van der Waals surface area contributed by atoms with Crippen LogP contribution in [0.15, 0.2) is 54.9 Å². The monoisotopic (exact) mass is 173 g/mol. The second-order valence-corrected chi connectivity index (χ2v) is 2.43. The quantitative estimate of drug-likeness (QED) is 0.622. The fourth-order valence-electron chi connectivity index (χ4n) is 1.11. The van der Waals surface area contributed by atoms with Gasteiger partial charge in [0.05, 0.1) is 0 Å². The number of para-hydroxylation sites is 1. The third-order valence-electron chi connectivity index (χ3n) is 1.66. The highest BCUT2D eigenvalue weighted by Crippen LogP contribution is 2.05. The van der Waals surface area contributed by atoms with Crippen LogP contribution >= 0.6 is 0 Å². The van der Waals surface area contributed by atoms with Crippen LogP contribution in [0.2, 0.25) is 0 Å². The summed E-state index contributed by atoms with van der Waals surface area (Å²) in [4.78, 5) is 0. The highest BCUT2D eigenvalue weighted by atomic mass is 14.9. The standard InChI is InChI=1S/C10H9N.C2H6/c1-2-6-10(7-3-1)11-8-4-5-9-11;1-2/h1-9H;1-2H3. The smallest absolute Gasteiger partial charge is 0.0449 e. The van der Waals surface area contributed by atoms with E-state index < -0.39 is 0 Å². The summed E-state index contributed by atoms with van der Waals surface area (Å²) in [7, 11) is 0. The zero-order valence-corrected chi connectivity index (χ0v) is 8.14. The molecule has 0 amide bonds. The molecule has 0 spiro atoms. The molecule has 0 bridgehead atoms. The Labute approximate surface area is 79.6 Å². The Morgan fingerprint density at radius 1 is 0.769 bits per heavy atom. The van der Waals surface area contributed by atoms with Crippen molar-refractivity contribution in [1.29, 1.82) is 0 Å². The van der Waals surface area contributed by atoms with Gasteiger partial charge < -0.3 is 4.57 Å². The molecule has 1 aromatic carbocycles. The van der Waals surface area contributed by atoms with E-state index in [-0.39, 0.29) is 0 Å². The molecule has 1 heteroatoms. The number of hydrogen-bond acceptors (Lipinski definition) is 0. The van der Waals surface area contributed by atoms with Crippen LogP contribution in [0.4, 0.5) is 0 Å². The Bertz CT molecular complexity index is 308. The van der Waals surface area contributed by atoms with Gasteiger partial charge in [-0.15, -0.1) is 0 Å². The minimum Gasteiger partial charge on any atom is -0.324 e. The Balaban J connectivity index is 0.000000396. The highest BCUT2D eigenvalue weighted by molar-refractivity contribution is 5.31. The molecule has 0 radical (unpaired) electrons. The van der Waals surface area contributed by atoms with E-state index >= 15 is 0 Å². The van der Waals surface area contributed by atoms with Crippen molar-refractivity contribution in [3.63, 3.8) is 0 Å². The fraction of sp³-hybridized carbons (Fsp3) is 0.167. The molecule has 1 heterocycles. The highest BCUT2D eigenvalue weighted by Gasteiger charge is 1.88. The molecule has 0 N–H and O–H groups in total. The second-order valence-electron chi connectivity index (χ2n) is 2.43. The molecule has 68 valence electrons. The maximum absolute atomic E-state index is 2.08. The SMILES string of the molecule is CC.c1ccc(-n2cccc2)cc1. The Morgan fingerprint density at radius 3 is 1.85 bits per heavy atom. The molecule has 1 nitrogen and oxygen atoms in total. The van der Waals surface area contributed by atoms with Crippen LogP contribution in [0.25, 0.3) is 5.69 Å². The van der Waals surface area contributed by atoms with Crippen molar-refractivity contribution in [1.82, 2.24) is 4.57 Å². The second kappa shape index (κ2) is 5.20. The molecule has 0 saturated heterocycles. The minimum absolute atomic E-state index is 1.21. The summed E-state index contributed by atoms with van der Waals surface area (Å²) in [5.41, 5.74) is 1.21. The lowest BCUT2D eigenvalue weighted by atomic mass is 10.3. The molecule has 0 fully saturated rings. The maximum atomic E-state index is 2.08. The Kier molecular flexibility index (Phi) is 3.83. The lowest BCUT2D eigenvalue weighted by Gasteiger charge is -1.99. The van der Waals surface area contributed by atoms with E-state index in [1.165, 1.54) is 5.69 Å². The van der Waals surface area contributed by atoms with E-state index in [1.807, 2.05) is 56.6 Å². The molecule has 2 aromatic rings. The van der Waals surface area contributed by atoms with Crippen LogP contribution in [0.5, 0.6) is 0 Å². The van der Waals surface area contributed by atoms with Gasteiger partial charge in [0.25, 0.3) is 0 Å². The molecular weight excluding hydrogens is 158 g/mol. The molecule has 0 unspecified atom stereocenters. The summed E-state index contributed by atoms with van der Waals surface area (Å²) in [6, 6.07) is 14.3. The third-order valence-corrected chi connectivity index (χ3v) is 1.66. The predicted octanol–water partition coefficient (Wildman–Crippen LogP) is 3.50. The van der Waals surface area contributed by atoms with Gasteiger partial charge in [0, 0.05) is 18.1 Å². The van der Waals surface area contributed by atoms with E-state index in [9.17, 15) is 0 Å². The van der Waals surface area contributed by atoms with E-state index in [1.54, 1.807) is 0 Å². The number of nitrogens with zero attached hydrogens (tertiary/aromatic N) is 1. The first-order chi connectivity index (χ1) is 6.47. The Morgan fingerprint density at radius 2 is 1.31 bits per heavy atom. The van der Waals surface area contributed by atoms with Crippen molar-refractivity contribution >= 4 is 0 Å². The maximum Gasteiger partial charge on any atom is 0.0449 e. The summed E-state index contributed by atoms with van der Waals surface area (Å²) in [5, 5.41) is 0. The van der Waals surface area contributed by atoms with Crippen molar-refractivity contribution in [2.45, 2.75) is 13.8 Å². The number of aromatic nitrogens is 1. The molecule has 0 aliphatic carbocycles. The molecule has 0 aliphatic rings. The van der Waals surface area contributed by atoms with E-state index in [0.29, 0.717) is 0 Å². The minimum atomic E-state index is 1.21. The summed E-state index contributed by atoms with van der Waals surface area (Å²) >= 11 is 0. The van der Waals surface area contributed by atoms with Crippen LogP contribution in [-0.2, 0) is 0 Å². The molecule has 2 rings (SSSR count). The average molecular weight is 173 g/mol. The lowest BCUT2D eigenvalue weighted by Crippen LogP contribution is -1.86. The van der Waals surface area contributed by atoms with Crippen molar-refractivity contribution < 1.29 is 0 Å². The summed E-state index contributed by atoms with van der Waals surface area (Å²) < 4.78 is 2.08. The predicted molar refractivity (Wildman–Crippen MR) is 57.1 cm³/mol. The van der Waals surface area contributed by atoms with E-state index in [2.05, 4.69) is 16.7 Å². The van der Waals surface area contributed by atoms with Gasteiger partial charge in [-0.1, -0.05) is 32.0 Å². The molecule has 0 atom stereocenters. The first-order valence-electron chi connectivity index (χ1n) is 4.65. The van der Waals surface area contributed by atoms with Crippen LogP contribution in [0.3, 0.4) is 0 Å². The van der Waals surface area contributed by atoms with Gasteiger partial charge in [-0.25, -0.2) is 0 Å². The van der Waals surface area contributed by atoms with Gasteiger partial charge in [0.2, 0.25) is 0 Å². The summed E-state index contributed by atoms with van der Waals surface area (Å²) in [5.74, 6) is 0. The lowest BCUT2D eigenvalue weighted by molar-refractivity contribution is 1.08.